The molecule has 2 aromatic heterocycles. The van der Waals surface area contributed by atoms with Gasteiger partial charge in [0.1, 0.15) is 16.4 Å². The molecule has 1 N–H and O–H groups in total. The molecule has 2 heterocycles. The highest BCUT2D eigenvalue weighted by atomic mass is 35.5. The number of pyridine rings is 1. The first kappa shape index (κ1) is 18.8. The SMILES string of the molecule is O=C(CCCOc1cccc(Cl)c1Cl)NCc1cn2cc(Cl)ccc2n1. The summed E-state index contributed by atoms with van der Waals surface area (Å²) < 4.78 is 7.38. The number of benzene rings is 1. The zero-order chi connectivity index (χ0) is 18.5. The maximum atomic E-state index is 11.9. The standard InChI is InChI=1S/C18H16Cl3N3O2/c19-12-6-7-16-23-13(11-24(16)10-12)9-22-17(25)5-2-8-26-15-4-1-3-14(20)18(15)21/h1,3-4,6-7,10-11H,2,5,8-9H2,(H,22,25). The Balaban J connectivity index is 1.42. The molecule has 0 radical (unpaired) electrons. The first-order chi connectivity index (χ1) is 12.5. The second-order valence-electron chi connectivity index (χ2n) is 5.63. The van der Waals surface area contributed by atoms with Gasteiger partial charge >= 0.3 is 0 Å². The number of carbonyl (C=O) groups is 1. The van der Waals surface area contributed by atoms with Crippen molar-refractivity contribution in [3.05, 3.63) is 63.5 Å². The normalized spacial score (nSPS) is 10.9. The van der Waals surface area contributed by atoms with Gasteiger partial charge in [0, 0.05) is 18.8 Å². The van der Waals surface area contributed by atoms with Crippen molar-refractivity contribution in [2.24, 2.45) is 0 Å². The smallest absolute Gasteiger partial charge is 0.220 e. The van der Waals surface area contributed by atoms with E-state index >= 15 is 0 Å². The molecule has 0 unspecified atom stereocenters. The topological polar surface area (TPSA) is 55.6 Å². The fourth-order valence-electron chi connectivity index (χ4n) is 2.39. The minimum absolute atomic E-state index is 0.0686. The summed E-state index contributed by atoms with van der Waals surface area (Å²) in [7, 11) is 0. The van der Waals surface area contributed by atoms with Crippen LogP contribution < -0.4 is 10.1 Å². The summed E-state index contributed by atoms with van der Waals surface area (Å²) in [6.07, 6.45) is 4.52. The Morgan fingerprint density at radius 1 is 1.15 bits per heavy atom. The van der Waals surface area contributed by atoms with Crippen molar-refractivity contribution in [2.75, 3.05) is 6.61 Å². The molecule has 0 spiro atoms. The van der Waals surface area contributed by atoms with Crippen LogP contribution in [0.3, 0.4) is 0 Å². The highest BCUT2D eigenvalue weighted by Gasteiger charge is 2.07. The maximum Gasteiger partial charge on any atom is 0.220 e. The lowest BCUT2D eigenvalue weighted by molar-refractivity contribution is -0.121. The molecule has 0 bridgehead atoms. The van der Waals surface area contributed by atoms with E-state index in [1.165, 1.54) is 0 Å². The molecular weight excluding hydrogens is 397 g/mol. The zero-order valence-electron chi connectivity index (χ0n) is 13.7. The van der Waals surface area contributed by atoms with Gasteiger partial charge in [0.2, 0.25) is 5.91 Å². The third kappa shape index (κ3) is 4.81. The Bertz CT molecular complexity index is 927. The zero-order valence-corrected chi connectivity index (χ0v) is 16.0. The van der Waals surface area contributed by atoms with Gasteiger partial charge in [0.25, 0.3) is 0 Å². The van der Waals surface area contributed by atoms with Gasteiger partial charge in [-0.2, -0.15) is 0 Å². The summed E-state index contributed by atoms with van der Waals surface area (Å²) in [5.74, 6) is 0.448. The summed E-state index contributed by atoms with van der Waals surface area (Å²) in [5, 5.41) is 4.29. The van der Waals surface area contributed by atoms with E-state index in [4.69, 9.17) is 39.5 Å². The van der Waals surface area contributed by atoms with Gasteiger partial charge < -0.3 is 14.5 Å². The van der Waals surface area contributed by atoms with Crippen LogP contribution in [0.15, 0.2) is 42.7 Å². The Labute approximate surface area is 165 Å². The van der Waals surface area contributed by atoms with E-state index in [-0.39, 0.29) is 5.91 Å². The second-order valence-corrected chi connectivity index (χ2v) is 6.85. The van der Waals surface area contributed by atoms with E-state index < -0.39 is 0 Å². The summed E-state index contributed by atoms with van der Waals surface area (Å²) in [4.78, 5) is 16.4. The van der Waals surface area contributed by atoms with Crippen molar-refractivity contribution < 1.29 is 9.53 Å². The van der Waals surface area contributed by atoms with Gasteiger partial charge in [0.05, 0.1) is 28.9 Å². The number of rotatable bonds is 7. The number of aromatic nitrogens is 2. The van der Waals surface area contributed by atoms with E-state index in [9.17, 15) is 4.79 Å². The average molecular weight is 413 g/mol. The first-order valence-electron chi connectivity index (χ1n) is 7.99. The van der Waals surface area contributed by atoms with Crippen LogP contribution in [0.2, 0.25) is 15.1 Å². The lowest BCUT2D eigenvalue weighted by Gasteiger charge is -2.08. The van der Waals surface area contributed by atoms with Gasteiger partial charge in [0.15, 0.2) is 0 Å². The van der Waals surface area contributed by atoms with Crippen molar-refractivity contribution in [2.45, 2.75) is 19.4 Å². The van der Waals surface area contributed by atoms with Gasteiger partial charge in [-0.05, 0) is 30.7 Å². The molecule has 1 aromatic carbocycles. The molecule has 26 heavy (non-hydrogen) atoms. The fraction of sp³-hybridized carbons (Fsp3) is 0.222. The molecule has 0 aliphatic rings. The highest BCUT2D eigenvalue weighted by molar-refractivity contribution is 6.42. The number of imidazole rings is 1. The first-order valence-corrected chi connectivity index (χ1v) is 9.13. The third-order valence-electron chi connectivity index (χ3n) is 3.65. The van der Waals surface area contributed by atoms with Crippen LogP contribution in [-0.4, -0.2) is 21.9 Å². The van der Waals surface area contributed by atoms with E-state index in [1.807, 2.05) is 16.7 Å². The number of hydrogen-bond donors (Lipinski definition) is 1. The van der Waals surface area contributed by atoms with E-state index in [2.05, 4.69) is 10.3 Å². The van der Waals surface area contributed by atoms with Crippen molar-refractivity contribution in [3.8, 4) is 5.75 Å². The quantitative estimate of drug-likeness (QED) is 0.569. The number of amides is 1. The number of fused-ring (bicyclic) bond motifs is 1. The fourth-order valence-corrected chi connectivity index (χ4v) is 2.90. The van der Waals surface area contributed by atoms with Crippen molar-refractivity contribution in [3.63, 3.8) is 0 Å². The lowest BCUT2D eigenvalue weighted by Crippen LogP contribution is -2.23. The van der Waals surface area contributed by atoms with Crippen LogP contribution in [0.25, 0.3) is 5.65 Å². The largest absolute Gasteiger partial charge is 0.492 e. The molecule has 0 atom stereocenters. The molecule has 0 saturated carbocycles. The Morgan fingerprint density at radius 3 is 2.85 bits per heavy atom. The van der Waals surface area contributed by atoms with Gasteiger partial charge in [-0.15, -0.1) is 0 Å². The summed E-state index contributed by atoms with van der Waals surface area (Å²) in [6, 6.07) is 8.80. The molecular formula is C18H16Cl3N3O2. The highest BCUT2D eigenvalue weighted by Crippen LogP contribution is 2.31. The molecule has 3 aromatic rings. The van der Waals surface area contributed by atoms with Crippen LogP contribution in [0.5, 0.6) is 5.75 Å². The van der Waals surface area contributed by atoms with E-state index in [0.717, 1.165) is 11.3 Å². The number of halogens is 3. The number of nitrogens with zero attached hydrogens (tertiary/aromatic N) is 2. The molecule has 0 saturated heterocycles. The second kappa shape index (κ2) is 8.62. The molecule has 0 aliphatic heterocycles. The number of ether oxygens (including phenoxy) is 1. The van der Waals surface area contributed by atoms with Crippen LogP contribution >= 0.6 is 34.8 Å². The minimum Gasteiger partial charge on any atom is -0.492 e. The molecule has 136 valence electrons. The predicted molar refractivity (Wildman–Crippen MR) is 103 cm³/mol. The van der Waals surface area contributed by atoms with E-state index in [0.29, 0.717) is 46.8 Å². The third-order valence-corrected chi connectivity index (χ3v) is 4.68. The van der Waals surface area contributed by atoms with Crippen LogP contribution in [0.1, 0.15) is 18.5 Å². The van der Waals surface area contributed by atoms with Gasteiger partial charge in [-0.25, -0.2) is 4.98 Å². The molecule has 0 fully saturated rings. The van der Waals surface area contributed by atoms with Gasteiger partial charge in [-0.1, -0.05) is 40.9 Å². The Kier molecular flexibility index (Phi) is 6.25. The lowest BCUT2D eigenvalue weighted by atomic mass is 10.3. The van der Waals surface area contributed by atoms with E-state index in [1.54, 1.807) is 30.5 Å². The van der Waals surface area contributed by atoms with Crippen LogP contribution in [0, 0.1) is 0 Å². The molecule has 5 nitrogen and oxygen atoms in total. The summed E-state index contributed by atoms with van der Waals surface area (Å²) in [5.41, 5.74) is 1.55. The monoisotopic (exact) mass is 411 g/mol. The van der Waals surface area contributed by atoms with Crippen LogP contribution in [0.4, 0.5) is 0 Å². The number of hydrogen-bond acceptors (Lipinski definition) is 3. The average Bonchev–Trinajstić information content (AvgIpc) is 3.02. The Hall–Kier alpha value is -1.95. The molecule has 8 heteroatoms. The number of nitrogens with one attached hydrogen (secondary N) is 1. The number of carbonyl (C=O) groups excluding carboxylic acids is 1. The minimum atomic E-state index is -0.0686. The predicted octanol–water partition coefficient (Wildman–Crippen LogP) is 4.77. The molecule has 1 amide bonds. The molecule has 3 rings (SSSR count). The van der Waals surface area contributed by atoms with Crippen LogP contribution in [-0.2, 0) is 11.3 Å². The van der Waals surface area contributed by atoms with Gasteiger partial charge in [-0.3, -0.25) is 4.79 Å². The van der Waals surface area contributed by atoms with Crippen molar-refractivity contribution in [1.82, 2.24) is 14.7 Å². The summed E-state index contributed by atoms with van der Waals surface area (Å²) in [6.45, 7) is 0.736. The maximum absolute atomic E-state index is 11.9. The molecule has 0 aliphatic carbocycles. The van der Waals surface area contributed by atoms with Crippen molar-refractivity contribution >= 4 is 46.4 Å². The summed E-state index contributed by atoms with van der Waals surface area (Å²) >= 11 is 17.9. The van der Waals surface area contributed by atoms with Crippen molar-refractivity contribution in [1.29, 1.82) is 0 Å². The Morgan fingerprint density at radius 2 is 2.00 bits per heavy atom.